The van der Waals surface area contributed by atoms with Crippen LogP contribution in [0.5, 0.6) is 0 Å². The van der Waals surface area contributed by atoms with Gasteiger partial charge in [0.15, 0.2) is 6.10 Å². The molecule has 0 aliphatic carbocycles. The van der Waals surface area contributed by atoms with Gasteiger partial charge in [0.25, 0.3) is 0 Å². The van der Waals surface area contributed by atoms with Gasteiger partial charge in [0.05, 0.1) is 0 Å². The van der Waals surface area contributed by atoms with Crippen molar-refractivity contribution in [1.82, 2.24) is 0 Å². The summed E-state index contributed by atoms with van der Waals surface area (Å²) in [6.45, 7) is 6.55. The summed E-state index contributed by atoms with van der Waals surface area (Å²) >= 11 is 0. The van der Waals surface area contributed by atoms with Crippen LogP contribution in [0, 0.1) is 0 Å². The van der Waals surface area contributed by atoms with Crippen LogP contribution in [-0.4, -0.2) is 37.2 Å². The van der Waals surface area contributed by atoms with E-state index in [0.717, 1.165) is 109 Å². The molecule has 0 aliphatic heterocycles. The predicted octanol–water partition coefficient (Wildman–Crippen LogP) is 17.9. The van der Waals surface area contributed by atoms with Crippen LogP contribution in [0.2, 0.25) is 0 Å². The first-order chi connectivity index (χ1) is 31.0. The van der Waals surface area contributed by atoms with Gasteiger partial charge in [0.2, 0.25) is 0 Å². The van der Waals surface area contributed by atoms with Crippen molar-refractivity contribution < 1.29 is 28.6 Å². The molecule has 0 bridgehead atoms. The number of allylic oxidation sites excluding steroid dienone is 8. The van der Waals surface area contributed by atoms with E-state index in [4.69, 9.17) is 14.2 Å². The third kappa shape index (κ3) is 50.2. The zero-order chi connectivity index (χ0) is 45.8. The zero-order valence-electron chi connectivity index (χ0n) is 41.8. The standard InChI is InChI=1S/C57H102O6/c1-4-7-10-13-16-19-22-25-27-28-30-32-35-38-41-44-47-50-56(59)62-53-54(52-61-55(58)49-46-43-40-37-34-31-24-21-18-15-12-9-6-3)63-57(60)51-48-45-42-39-36-33-29-26-23-20-17-14-11-8-5-2/h12,15,17,20-21,24,26,29,54H,4-11,13-14,16,18-19,22-23,25,27-28,30-53H2,1-3H3/b15-12-,20-17-,24-21-,29-26-. The summed E-state index contributed by atoms with van der Waals surface area (Å²) in [7, 11) is 0. The van der Waals surface area contributed by atoms with Gasteiger partial charge in [-0.3, -0.25) is 14.4 Å². The van der Waals surface area contributed by atoms with E-state index in [-0.39, 0.29) is 31.1 Å². The number of ether oxygens (including phenoxy) is 3. The van der Waals surface area contributed by atoms with Crippen LogP contribution in [0.3, 0.4) is 0 Å². The molecule has 0 spiro atoms. The van der Waals surface area contributed by atoms with Crippen molar-refractivity contribution in [2.45, 2.75) is 284 Å². The van der Waals surface area contributed by atoms with Crippen LogP contribution in [0.1, 0.15) is 278 Å². The first-order valence-corrected chi connectivity index (χ1v) is 27.1. The van der Waals surface area contributed by atoms with E-state index in [2.05, 4.69) is 69.4 Å². The molecule has 6 heteroatoms. The fourth-order valence-corrected chi connectivity index (χ4v) is 7.69. The molecule has 6 nitrogen and oxygen atoms in total. The largest absolute Gasteiger partial charge is 0.462 e. The lowest BCUT2D eigenvalue weighted by atomic mass is 10.0. The highest BCUT2D eigenvalue weighted by Crippen LogP contribution is 2.16. The monoisotopic (exact) mass is 883 g/mol. The second-order valence-corrected chi connectivity index (χ2v) is 18.1. The number of hydrogen-bond acceptors (Lipinski definition) is 6. The Labute approximate surface area is 390 Å². The Morgan fingerprint density at radius 3 is 0.968 bits per heavy atom. The van der Waals surface area contributed by atoms with Crippen LogP contribution in [0.15, 0.2) is 48.6 Å². The smallest absolute Gasteiger partial charge is 0.306 e. The molecule has 0 aromatic rings. The van der Waals surface area contributed by atoms with Crippen molar-refractivity contribution >= 4 is 17.9 Å². The molecule has 0 fully saturated rings. The van der Waals surface area contributed by atoms with E-state index < -0.39 is 6.10 Å². The molecule has 0 amide bonds. The number of carbonyl (C=O) groups excluding carboxylic acids is 3. The number of hydrogen-bond donors (Lipinski definition) is 0. The minimum Gasteiger partial charge on any atom is -0.462 e. The molecule has 366 valence electrons. The molecule has 0 aromatic carbocycles. The average Bonchev–Trinajstić information content (AvgIpc) is 3.28. The van der Waals surface area contributed by atoms with Gasteiger partial charge in [-0.05, 0) is 77.0 Å². The van der Waals surface area contributed by atoms with Gasteiger partial charge in [-0.2, -0.15) is 0 Å². The van der Waals surface area contributed by atoms with E-state index >= 15 is 0 Å². The molecule has 0 N–H and O–H groups in total. The highest BCUT2D eigenvalue weighted by molar-refractivity contribution is 5.71. The Morgan fingerprint density at radius 1 is 0.317 bits per heavy atom. The Hall–Kier alpha value is -2.63. The first kappa shape index (κ1) is 60.4. The first-order valence-electron chi connectivity index (χ1n) is 27.1. The molecule has 0 saturated heterocycles. The SMILES string of the molecule is CCC/C=C\C/C=C\CCCCCCCC(=O)OCC(COC(=O)CCCCCCCCCCCCCCCCCCC)OC(=O)CCCCCCC/C=C\C/C=C\CCCCC. The molecule has 1 atom stereocenters. The molecule has 63 heavy (non-hydrogen) atoms. The fraction of sp³-hybridized carbons (Fsp3) is 0.807. The van der Waals surface area contributed by atoms with Crippen LogP contribution in [0.25, 0.3) is 0 Å². The molecule has 0 saturated carbocycles. The van der Waals surface area contributed by atoms with Crippen molar-refractivity contribution in [1.29, 1.82) is 0 Å². The molecular weight excluding hydrogens is 781 g/mol. The Balaban J connectivity index is 4.37. The van der Waals surface area contributed by atoms with E-state index in [1.54, 1.807) is 0 Å². The van der Waals surface area contributed by atoms with Crippen molar-refractivity contribution in [2.24, 2.45) is 0 Å². The molecule has 0 radical (unpaired) electrons. The normalized spacial score (nSPS) is 12.4. The Bertz CT molecular complexity index is 1110. The lowest BCUT2D eigenvalue weighted by Crippen LogP contribution is -2.30. The zero-order valence-corrected chi connectivity index (χ0v) is 41.8. The molecular formula is C57H102O6. The summed E-state index contributed by atoms with van der Waals surface area (Å²) in [5.41, 5.74) is 0. The number of unbranched alkanes of at least 4 members (excludes halogenated alkanes) is 30. The number of esters is 3. The summed E-state index contributed by atoms with van der Waals surface area (Å²) in [4.78, 5) is 38.0. The van der Waals surface area contributed by atoms with E-state index in [0.29, 0.717) is 19.3 Å². The highest BCUT2D eigenvalue weighted by atomic mass is 16.6. The number of carbonyl (C=O) groups is 3. The summed E-state index contributed by atoms with van der Waals surface area (Å²) in [6.07, 6.45) is 62.3. The topological polar surface area (TPSA) is 78.9 Å². The van der Waals surface area contributed by atoms with Gasteiger partial charge >= 0.3 is 17.9 Å². The van der Waals surface area contributed by atoms with Crippen LogP contribution in [0.4, 0.5) is 0 Å². The average molecular weight is 883 g/mol. The maximum absolute atomic E-state index is 12.8. The van der Waals surface area contributed by atoms with Gasteiger partial charge in [-0.15, -0.1) is 0 Å². The quantitative estimate of drug-likeness (QED) is 0.0262. The van der Waals surface area contributed by atoms with Gasteiger partial charge in [-0.1, -0.05) is 230 Å². The molecule has 0 aliphatic rings. The van der Waals surface area contributed by atoms with E-state index in [9.17, 15) is 14.4 Å². The summed E-state index contributed by atoms with van der Waals surface area (Å²) in [5.74, 6) is -0.899. The van der Waals surface area contributed by atoms with Gasteiger partial charge in [0, 0.05) is 19.3 Å². The second-order valence-electron chi connectivity index (χ2n) is 18.1. The van der Waals surface area contributed by atoms with Crippen molar-refractivity contribution in [2.75, 3.05) is 13.2 Å². The third-order valence-corrected chi connectivity index (χ3v) is 11.8. The van der Waals surface area contributed by atoms with Gasteiger partial charge in [-0.25, -0.2) is 0 Å². The minimum absolute atomic E-state index is 0.0809. The maximum atomic E-state index is 12.8. The molecule has 0 heterocycles. The number of rotatable bonds is 49. The predicted molar refractivity (Wildman–Crippen MR) is 270 cm³/mol. The molecule has 0 rings (SSSR count). The van der Waals surface area contributed by atoms with Crippen LogP contribution < -0.4 is 0 Å². The van der Waals surface area contributed by atoms with E-state index in [1.807, 2.05) is 0 Å². The van der Waals surface area contributed by atoms with Crippen LogP contribution >= 0.6 is 0 Å². The fourth-order valence-electron chi connectivity index (χ4n) is 7.69. The summed E-state index contributed by atoms with van der Waals surface area (Å²) in [6, 6.07) is 0. The van der Waals surface area contributed by atoms with Gasteiger partial charge in [0.1, 0.15) is 13.2 Å². The highest BCUT2D eigenvalue weighted by Gasteiger charge is 2.19. The second kappa shape index (κ2) is 52.0. The lowest BCUT2D eigenvalue weighted by Gasteiger charge is -2.18. The summed E-state index contributed by atoms with van der Waals surface area (Å²) < 4.78 is 16.8. The lowest BCUT2D eigenvalue weighted by molar-refractivity contribution is -0.167. The Kier molecular flexibility index (Phi) is 49.8. The summed E-state index contributed by atoms with van der Waals surface area (Å²) in [5, 5.41) is 0. The molecule has 1 unspecified atom stereocenters. The van der Waals surface area contributed by atoms with Crippen LogP contribution in [-0.2, 0) is 28.6 Å². The third-order valence-electron chi connectivity index (χ3n) is 11.8. The van der Waals surface area contributed by atoms with Crippen molar-refractivity contribution in [3.8, 4) is 0 Å². The Morgan fingerprint density at radius 2 is 0.603 bits per heavy atom. The van der Waals surface area contributed by atoms with Crippen molar-refractivity contribution in [3.63, 3.8) is 0 Å². The van der Waals surface area contributed by atoms with E-state index in [1.165, 1.54) is 128 Å². The van der Waals surface area contributed by atoms with Gasteiger partial charge < -0.3 is 14.2 Å². The molecule has 0 aromatic heterocycles. The maximum Gasteiger partial charge on any atom is 0.306 e. The van der Waals surface area contributed by atoms with Crippen molar-refractivity contribution in [3.05, 3.63) is 48.6 Å². The minimum atomic E-state index is -0.783.